The lowest BCUT2D eigenvalue weighted by molar-refractivity contribution is 0.399. The van der Waals surface area contributed by atoms with Gasteiger partial charge < -0.3 is 15.8 Å². The van der Waals surface area contributed by atoms with Gasteiger partial charge in [0.25, 0.3) is 0 Å². The van der Waals surface area contributed by atoms with Gasteiger partial charge in [0, 0.05) is 11.3 Å². The standard InChI is InChI=1S/C11H18N4OS/c1-16-11-9(12)10(13-6-14-11)15-7-4-3-5-8(7)17-2/h6-8H,3-5,12H2,1-2H3,(H,13,14,15). The number of nitrogen functional groups attached to an aromatic ring is 1. The van der Waals surface area contributed by atoms with E-state index in [0.29, 0.717) is 28.7 Å². The Bertz CT molecular complexity index is 388. The average molecular weight is 254 g/mol. The van der Waals surface area contributed by atoms with E-state index in [0.717, 1.165) is 6.42 Å². The molecule has 0 spiro atoms. The van der Waals surface area contributed by atoms with Crippen molar-refractivity contribution < 1.29 is 4.74 Å². The second-order valence-corrected chi connectivity index (χ2v) is 5.18. The highest BCUT2D eigenvalue weighted by molar-refractivity contribution is 7.99. The van der Waals surface area contributed by atoms with Crippen LogP contribution in [0.1, 0.15) is 19.3 Å². The molecule has 17 heavy (non-hydrogen) atoms. The predicted molar refractivity (Wildman–Crippen MR) is 71.6 cm³/mol. The Balaban J connectivity index is 2.13. The van der Waals surface area contributed by atoms with Crippen molar-refractivity contribution >= 4 is 23.3 Å². The van der Waals surface area contributed by atoms with Crippen LogP contribution in [0.4, 0.5) is 11.5 Å². The van der Waals surface area contributed by atoms with Crippen molar-refractivity contribution in [3.8, 4) is 5.88 Å². The van der Waals surface area contributed by atoms with E-state index in [1.807, 2.05) is 11.8 Å². The molecule has 5 nitrogen and oxygen atoms in total. The second-order valence-electron chi connectivity index (χ2n) is 4.10. The molecule has 1 aromatic heterocycles. The molecule has 1 aliphatic carbocycles. The molecule has 2 rings (SSSR count). The summed E-state index contributed by atoms with van der Waals surface area (Å²) in [6.07, 6.45) is 7.29. The first kappa shape index (κ1) is 12.3. The lowest BCUT2D eigenvalue weighted by atomic mass is 10.2. The van der Waals surface area contributed by atoms with Crippen molar-refractivity contribution in [2.75, 3.05) is 24.4 Å². The van der Waals surface area contributed by atoms with E-state index in [1.54, 1.807) is 7.11 Å². The number of methoxy groups -OCH3 is 1. The number of thioether (sulfide) groups is 1. The van der Waals surface area contributed by atoms with Crippen LogP contribution in [-0.2, 0) is 0 Å². The Morgan fingerprint density at radius 1 is 1.47 bits per heavy atom. The van der Waals surface area contributed by atoms with Gasteiger partial charge in [-0.15, -0.1) is 0 Å². The van der Waals surface area contributed by atoms with Crippen LogP contribution in [0, 0.1) is 0 Å². The molecule has 94 valence electrons. The molecule has 1 fully saturated rings. The fourth-order valence-corrected chi connectivity index (χ4v) is 3.14. The van der Waals surface area contributed by atoms with Crippen molar-refractivity contribution in [1.29, 1.82) is 0 Å². The maximum Gasteiger partial charge on any atom is 0.242 e. The number of hydrogen-bond donors (Lipinski definition) is 2. The van der Waals surface area contributed by atoms with Gasteiger partial charge in [-0.25, -0.2) is 4.98 Å². The Morgan fingerprint density at radius 3 is 3.00 bits per heavy atom. The topological polar surface area (TPSA) is 73.1 Å². The summed E-state index contributed by atoms with van der Waals surface area (Å²) in [6, 6.07) is 0.437. The summed E-state index contributed by atoms with van der Waals surface area (Å²) in [4.78, 5) is 8.15. The van der Waals surface area contributed by atoms with Crippen molar-refractivity contribution in [1.82, 2.24) is 9.97 Å². The Kier molecular flexibility index (Phi) is 3.93. The number of nitrogens with zero attached hydrogens (tertiary/aromatic N) is 2. The number of aromatic nitrogens is 2. The molecule has 0 saturated heterocycles. The number of anilines is 2. The SMILES string of the molecule is COc1ncnc(NC2CCCC2SC)c1N. The first-order valence-electron chi connectivity index (χ1n) is 5.70. The highest BCUT2D eigenvalue weighted by atomic mass is 32.2. The second kappa shape index (κ2) is 5.44. The predicted octanol–water partition coefficient (Wildman–Crippen LogP) is 1.76. The molecule has 0 bridgehead atoms. The molecule has 0 aliphatic heterocycles. The number of hydrogen-bond acceptors (Lipinski definition) is 6. The molecule has 6 heteroatoms. The molecule has 3 N–H and O–H groups in total. The molecule has 0 aromatic carbocycles. The summed E-state index contributed by atoms with van der Waals surface area (Å²) in [7, 11) is 1.56. The van der Waals surface area contributed by atoms with Crippen LogP contribution < -0.4 is 15.8 Å². The molecular weight excluding hydrogens is 236 g/mol. The van der Waals surface area contributed by atoms with E-state index in [4.69, 9.17) is 10.5 Å². The quantitative estimate of drug-likeness (QED) is 0.853. The Hall–Kier alpha value is -1.17. The van der Waals surface area contributed by atoms with E-state index < -0.39 is 0 Å². The van der Waals surface area contributed by atoms with Crippen LogP contribution in [0.2, 0.25) is 0 Å². The Labute approximate surface area is 106 Å². The van der Waals surface area contributed by atoms with E-state index in [2.05, 4.69) is 21.5 Å². The summed E-state index contributed by atoms with van der Waals surface area (Å²) in [5, 5.41) is 4.04. The zero-order chi connectivity index (χ0) is 12.3. The minimum atomic E-state index is 0.432. The fourth-order valence-electron chi connectivity index (χ4n) is 2.21. The van der Waals surface area contributed by atoms with Gasteiger partial charge in [0.2, 0.25) is 5.88 Å². The molecule has 0 amide bonds. The van der Waals surface area contributed by atoms with Crippen LogP contribution in [0.3, 0.4) is 0 Å². The number of rotatable bonds is 4. The fraction of sp³-hybridized carbons (Fsp3) is 0.636. The van der Waals surface area contributed by atoms with Crippen LogP contribution in [0.5, 0.6) is 5.88 Å². The van der Waals surface area contributed by atoms with Gasteiger partial charge in [-0.3, -0.25) is 0 Å². The van der Waals surface area contributed by atoms with Gasteiger partial charge in [0.15, 0.2) is 5.82 Å². The van der Waals surface area contributed by atoms with E-state index in [1.165, 1.54) is 19.2 Å². The zero-order valence-corrected chi connectivity index (χ0v) is 11.0. The highest BCUT2D eigenvalue weighted by Crippen LogP contribution is 2.32. The molecule has 0 radical (unpaired) electrons. The zero-order valence-electron chi connectivity index (χ0n) is 10.1. The summed E-state index contributed by atoms with van der Waals surface area (Å²) >= 11 is 1.90. The largest absolute Gasteiger partial charge is 0.479 e. The monoisotopic (exact) mass is 254 g/mol. The van der Waals surface area contributed by atoms with Crippen molar-refractivity contribution in [2.24, 2.45) is 0 Å². The third kappa shape index (κ3) is 2.57. The molecule has 1 saturated carbocycles. The minimum absolute atomic E-state index is 0.432. The van der Waals surface area contributed by atoms with Crippen molar-refractivity contribution in [3.05, 3.63) is 6.33 Å². The third-order valence-corrected chi connectivity index (χ3v) is 4.29. The van der Waals surface area contributed by atoms with Gasteiger partial charge in [0.1, 0.15) is 12.0 Å². The maximum atomic E-state index is 5.94. The van der Waals surface area contributed by atoms with Crippen LogP contribution in [-0.4, -0.2) is 34.6 Å². The number of ether oxygens (including phenoxy) is 1. The van der Waals surface area contributed by atoms with Gasteiger partial charge in [0.05, 0.1) is 7.11 Å². The normalized spacial score (nSPS) is 23.6. The first-order chi connectivity index (χ1) is 8.26. The van der Waals surface area contributed by atoms with E-state index in [9.17, 15) is 0 Å². The molecule has 1 heterocycles. The van der Waals surface area contributed by atoms with Crippen LogP contribution >= 0.6 is 11.8 Å². The third-order valence-electron chi connectivity index (χ3n) is 3.12. The van der Waals surface area contributed by atoms with Gasteiger partial charge in [-0.1, -0.05) is 6.42 Å². The summed E-state index contributed by atoms with van der Waals surface area (Å²) in [6.45, 7) is 0. The Morgan fingerprint density at radius 2 is 2.29 bits per heavy atom. The smallest absolute Gasteiger partial charge is 0.242 e. The van der Waals surface area contributed by atoms with Gasteiger partial charge in [-0.05, 0) is 19.1 Å². The van der Waals surface area contributed by atoms with Gasteiger partial charge in [-0.2, -0.15) is 16.7 Å². The van der Waals surface area contributed by atoms with E-state index in [-0.39, 0.29) is 0 Å². The van der Waals surface area contributed by atoms with Crippen molar-refractivity contribution in [2.45, 2.75) is 30.6 Å². The highest BCUT2D eigenvalue weighted by Gasteiger charge is 2.27. The summed E-state index contributed by atoms with van der Waals surface area (Å²) in [5.41, 5.74) is 6.43. The van der Waals surface area contributed by atoms with Crippen molar-refractivity contribution in [3.63, 3.8) is 0 Å². The maximum absolute atomic E-state index is 5.94. The summed E-state index contributed by atoms with van der Waals surface area (Å²) in [5.74, 6) is 1.11. The van der Waals surface area contributed by atoms with Crippen LogP contribution in [0.25, 0.3) is 0 Å². The lowest BCUT2D eigenvalue weighted by Crippen LogP contribution is -2.26. The average Bonchev–Trinajstić information content (AvgIpc) is 2.79. The number of nitrogens with two attached hydrogens (primary N) is 1. The van der Waals surface area contributed by atoms with Crippen LogP contribution in [0.15, 0.2) is 6.33 Å². The lowest BCUT2D eigenvalue weighted by Gasteiger charge is -2.20. The molecule has 2 unspecified atom stereocenters. The molecule has 1 aliphatic rings. The van der Waals surface area contributed by atoms with Gasteiger partial charge >= 0.3 is 0 Å². The minimum Gasteiger partial charge on any atom is -0.479 e. The van der Waals surface area contributed by atoms with E-state index >= 15 is 0 Å². The number of nitrogens with one attached hydrogen (secondary N) is 1. The molecule has 1 aromatic rings. The molecular formula is C11H18N4OS. The summed E-state index contributed by atoms with van der Waals surface area (Å²) < 4.78 is 5.08. The first-order valence-corrected chi connectivity index (χ1v) is 6.99. The molecule has 2 atom stereocenters.